The van der Waals surface area contributed by atoms with Gasteiger partial charge in [0.05, 0.1) is 12.5 Å². The van der Waals surface area contributed by atoms with Crippen molar-refractivity contribution in [3.05, 3.63) is 0 Å². The van der Waals surface area contributed by atoms with E-state index in [1.807, 2.05) is 13.8 Å². The first kappa shape index (κ1) is 14.9. The molecular weight excluding hydrogens is 211 g/mol. The van der Waals surface area contributed by atoms with Crippen molar-refractivity contribution in [2.45, 2.75) is 34.1 Å². The van der Waals surface area contributed by atoms with E-state index in [4.69, 9.17) is 9.26 Å². The van der Waals surface area contributed by atoms with Crippen LogP contribution < -0.4 is 0 Å². The van der Waals surface area contributed by atoms with Crippen molar-refractivity contribution in [2.24, 2.45) is 11.8 Å². The quantitative estimate of drug-likeness (QED) is 0.368. The van der Waals surface area contributed by atoms with Gasteiger partial charge in [-0.05, 0) is 26.2 Å². The molecule has 90 valence electrons. The highest BCUT2D eigenvalue weighted by molar-refractivity contribution is 7.32. The third-order valence-corrected chi connectivity index (χ3v) is 3.10. The summed E-state index contributed by atoms with van der Waals surface area (Å²) in [6.07, 6.45) is 1.68. The number of hydrogen-bond acceptors (Lipinski definition) is 3. The highest BCUT2D eigenvalue weighted by atomic mass is 31.1. The van der Waals surface area contributed by atoms with Gasteiger partial charge >= 0.3 is 5.97 Å². The maximum absolute atomic E-state index is 11.6. The number of rotatable bonds is 8. The van der Waals surface area contributed by atoms with Crippen molar-refractivity contribution in [1.82, 2.24) is 0 Å². The minimum absolute atomic E-state index is 0.00910. The lowest BCUT2D eigenvalue weighted by Crippen LogP contribution is -2.21. The van der Waals surface area contributed by atoms with Gasteiger partial charge in [-0.1, -0.05) is 13.8 Å². The first-order chi connectivity index (χ1) is 7.11. The molecule has 0 aromatic carbocycles. The van der Waals surface area contributed by atoms with E-state index in [0.29, 0.717) is 21.3 Å². The number of carbonyl (C=O) groups is 1. The number of esters is 1. The van der Waals surface area contributed by atoms with Gasteiger partial charge in [-0.15, -0.1) is 0 Å². The Hall–Kier alpha value is -0.140. The van der Waals surface area contributed by atoms with Crippen LogP contribution in [0.3, 0.4) is 0 Å². The van der Waals surface area contributed by atoms with Gasteiger partial charge < -0.3 is 9.26 Å². The Labute approximate surface area is 94.8 Å². The predicted molar refractivity (Wildman–Crippen MR) is 64.4 cm³/mol. The molecule has 0 aliphatic carbocycles. The summed E-state index contributed by atoms with van der Waals surface area (Å²) in [4.78, 5) is 11.6. The van der Waals surface area contributed by atoms with Crippen LogP contribution in [0.25, 0.3) is 0 Å². The topological polar surface area (TPSA) is 35.5 Å². The third kappa shape index (κ3) is 7.75. The van der Waals surface area contributed by atoms with Crippen LogP contribution in [0, 0.1) is 11.8 Å². The van der Waals surface area contributed by atoms with Crippen LogP contribution in [0.1, 0.15) is 34.1 Å². The zero-order valence-electron chi connectivity index (χ0n) is 10.2. The van der Waals surface area contributed by atoms with Crippen LogP contribution in [0.5, 0.6) is 0 Å². The van der Waals surface area contributed by atoms with E-state index < -0.39 is 0 Å². The van der Waals surface area contributed by atoms with Crippen molar-refractivity contribution in [2.75, 3.05) is 19.4 Å². The lowest BCUT2D eigenvalue weighted by Gasteiger charge is -2.16. The summed E-state index contributed by atoms with van der Waals surface area (Å²) in [7, 11) is 0.408. The molecule has 2 unspecified atom stereocenters. The van der Waals surface area contributed by atoms with Gasteiger partial charge in [0.25, 0.3) is 0 Å². The van der Waals surface area contributed by atoms with Gasteiger partial charge in [-0.3, -0.25) is 4.79 Å². The van der Waals surface area contributed by atoms with Crippen molar-refractivity contribution in [3.8, 4) is 0 Å². The van der Waals surface area contributed by atoms with Gasteiger partial charge in [0.1, 0.15) is 0 Å². The van der Waals surface area contributed by atoms with Gasteiger partial charge in [0.2, 0.25) is 0 Å². The molecule has 0 fully saturated rings. The van der Waals surface area contributed by atoms with Gasteiger partial charge in [0, 0.05) is 21.6 Å². The third-order valence-electron chi connectivity index (χ3n) is 1.95. The fourth-order valence-electron chi connectivity index (χ4n) is 1.35. The average molecular weight is 234 g/mol. The van der Waals surface area contributed by atoms with E-state index in [9.17, 15) is 4.79 Å². The predicted octanol–water partition coefficient (Wildman–Crippen LogP) is 2.84. The maximum atomic E-state index is 11.6. The number of hydrogen-bond donors (Lipinski definition) is 0. The molecule has 0 aromatic heterocycles. The molecule has 0 spiro atoms. The Morgan fingerprint density at radius 3 is 2.40 bits per heavy atom. The molecule has 0 radical (unpaired) electrons. The van der Waals surface area contributed by atoms with Crippen LogP contribution in [-0.2, 0) is 14.1 Å². The Morgan fingerprint density at radius 1 is 1.27 bits per heavy atom. The Balaban J connectivity index is 3.99. The van der Waals surface area contributed by atoms with Crippen LogP contribution in [0.2, 0.25) is 0 Å². The van der Waals surface area contributed by atoms with E-state index in [0.717, 1.165) is 19.2 Å². The lowest BCUT2D eigenvalue weighted by molar-refractivity contribution is -0.147. The minimum Gasteiger partial charge on any atom is -0.466 e. The fraction of sp³-hybridized carbons (Fsp3) is 0.909. The summed E-state index contributed by atoms with van der Waals surface area (Å²) in [6.45, 7) is 9.23. The highest BCUT2D eigenvalue weighted by Crippen LogP contribution is 2.23. The molecule has 0 aliphatic rings. The molecule has 0 heterocycles. The van der Waals surface area contributed by atoms with E-state index >= 15 is 0 Å². The molecule has 0 aromatic rings. The first-order valence-corrected chi connectivity index (χ1v) is 6.74. The highest BCUT2D eigenvalue weighted by Gasteiger charge is 2.20. The normalized spacial score (nSPS) is 13.7. The lowest BCUT2D eigenvalue weighted by atomic mass is 9.99. The minimum atomic E-state index is -0.0709. The second kappa shape index (κ2) is 9.11. The molecule has 0 aliphatic heterocycles. The smallest absolute Gasteiger partial charge is 0.309 e. The van der Waals surface area contributed by atoms with Gasteiger partial charge in [-0.2, -0.15) is 0 Å². The molecule has 15 heavy (non-hydrogen) atoms. The van der Waals surface area contributed by atoms with Crippen molar-refractivity contribution in [3.63, 3.8) is 0 Å². The Bertz CT molecular complexity index is 171. The Kier molecular flexibility index (Phi) is 9.03. The van der Waals surface area contributed by atoms with Crippen molar-refractivity contribution in [1.29, 1.82) is 0 Å². The van der Waals surface area contributed by atoms with Crippen LogP contribution in [-0.4, -0.2) is 25.3 Å². The van der Waals surface area contributed by atoms with E-state index in [1.54, 1.807) is 0 Å². The van der Waals surface area contributed by atoms with Crippen molar-refractivity contribution < 1.29 is 14.1 Å². The molecular formula is C11H23O3P. The van der Waals surface area contributed by atoms with E-state index in [2.05, 4.69) is 13.8 Å². The maximum Gasteiger partial charge on any atom is 0.309 e. The van der Waals surface area contributed by atoms with E-state index in [-0.39, 0.29) is 11.9 Å². The Morgan fingerprint density at radius 2 is 1.93 bits per heavy atom. The monoisotopic (exact) mass is 234 g/mol. The molecule has 3 nitrogen and oxygen atoms in total. The van der Waals surface area contributed by atoms with Crippen LogP contribution in [0.4, 0.5) is 0 Å². The first-order valence-electron chi connectivity index (χ1n) is 5.63. The zero-order valence-corrected chi connectivity index (χ0v) is 11.2. The van der Waals surface area contributed by atoms with Gasteiger partial charge in [0.15, 0.2) is 0 Å². The molecule has 0 rings (SSSR count). The average Bonchev–Trinajstić information content (AvgIpc) is 2.16. The summed E-state index contributed by atoms with van der Waals surface area (Å²) >= 11 is 0. The van der Waals surface area contributed by atoms with Crippen molar-refractivity contribution >= 4 is 14.8 Å². The summed E-state index contributed by atoms with van der Waals surface area (Å²) in [5.41, 5.74) is 0. The molecule has 0 saturated heterocycles. The molecule has 0 N–H and O–H groups in total. The molecule has 0 amide bonds. The summed E-state index contributed by atoms with van der Waals surface area (Å²) in [6, 6.07) is 0. The fourth-order valence-corrected chi connectivity index (χ4v) is 2.21. The molecule has 0 bridgehead atoms. The molecule has 4 heteroatoms. The largest absolute Gasteiger partial charge is 0.466 e. The summed E-state index contributed by atoms with van der Waals surface area (Å²) < 4.78 is 10.3. The molecule has 2 atom stereocenters. The number of carbonyl (C=O) groups excluding carboxylic acids is 1. The standard InChI is InChI=1S/C11H23O3P/c1-5-13-11(12)10(7-9(3)4)8-15-14-6-2/h9-10,15H,5-8H2,1-4H3. The number of ether oxygens (including phenoxy) is 1. The summed E-state index contributed by atoms with van der Waals surface area (Å²) in [5, 5.41) is 0. The second-order valence-corrected chi connectivity index (χ2v) is 4.85. The second-order valence-electron chi connectivity index (χ2n) is 3.86. The van der Waals surface area contributed by atoms with E-state index in [1.165, 1.54) is 0 Å². The summed E-state index contributed by atoms with van der Waals surface area (Å²) in [5.74, 6) is 0.457. The molecule has 0 saturated carbocycles. The van der Waals surface area contributed by atoms with Crippen LogP contribution in [0.15, 0.2) is 0 Å². The SMILES string of the molecule is CCOPCC(CC(C)C)C(=O)OCC. The zero-order chi connectivity index (χ0) is 11.7. The van der Waals surface area contributed by atoms with Gasteiger partial charge in [-0.25, -0.2) is 0 Å². The van der Waals surface area contributed by atoms with Crippen LogP contribution >= 0.6 is 8.81 Å².